The predicted molar refractivity (Wildman–Crippen MR) is 79.1 cm³/mol. The topological polar surface area (TPSA) is 9.23 Å². The molecule has 0 bridgehead atoms. The van der Waals surface area contributed by atoms with E-state index in [1.807, 2.05) is 18.2 Å². The van der Waals surface area contributed by atoms with Crippen LogP contribution in [-0.4, -0.2) is 7.11 Å². The average Bonchev–Trinajstić information content (AvgIpc) is 2.38. The average molecular weight is 238 g/mol. The molecule has 0 saturated carbocycles. The lowest BCUT2D eigenvalue weighted by Crippen LogP contribution is -1.87. The van der Waals surface area contributed by atoms with E-state index in [0.29, 0.717) is 0 Å². The molecule has 92 valence electrons. The highest BCUT2D eigenvalue weighted by atomic mass is 16.5. The van der Waals surface area contributed by atoms with Gasteiger partial charge in [-0.1, -0.05) is 30.9 Å². The fourth-order valence-corrected chi connectivity index (χ4v) is 2.15. The van der Waals surface area contributed by atoms with Crippen LogP contribution in [0.4, 0.5) is 0 Å². The van der Waals surface area contributed by atoms with Gasteiger partial charge >= 0.3 is 0 Å². The molecule has 0 N–H and O–H groups in total. The maximum atomic E-state index is 5.27. The fraction of sp³-hybridized carbons (Fsp3) is 0.176. The quantitative estimate of drug-likeness (QED) is 0.701. The minimum atomic E-state index is 0.900. The van der Waals surface area contributed by atoms with E-state index in [4.69, 9.17) is 4.74 Å². The number of aryl methyl sites for hydroxylation is 1. The van der Waals surface area contributed by atoms with Crippen molar-refractivity contribution in [2.45, 2.75) is 13.8 Å². The van der Waals surface area contributed by atoms with Gasteiger partial charge in [0.2, 0.25) is 0 Å². The predicted octanol–water partition coefficient (Wildman–Crippen LogP) is 4.75. The van der Waals surface area contributed by atoms with Crippen molar-refractivity contribution in [2.24, 2.45) is 0 Å². The van der Waals surface area contributed by atoms with Gasteiger partial charge < -0.3 is 4.74 Å². The summed E-state index contributed by atoms with van der Waals surface area (Å²) in [6.07, 6.45) is 3.85. The lowest BCUT2D eigenvalue weighted by Gasteiger charge is -2.09. The van der Waals surface area contributed by atoms with Gasteiger partial charge in [0.1, 0.15) is 5.75 Å². The normalized spacial score (nSPS) is 11.6. The molecule has 0 atom stereocenters. The van der Waals surface area contributed by atoms with Crippen LogP contribution in [0.25, 0.3) is 16.3 Å². The molecule has 1 heteroatoms. The molecule has 1 nitrogen and oxygen atoms in total. The summed E-state index contributed by atoms with van der Waals surface area (Å²) in [6, 6.07) is 10.6. The molecule has 0 aliphatic heterocycles. The molecule has 2 aromatic carbocycles. The zero-order valence-corrected chi connectivity index (χ0v) is 11.2. The second kappa shape index (κ2) is 5.09. The molecule has 0 amide bonds. The van der Waals surface area contributed by atoms with Gasteiger partial charge in [-0.2, -0.15) is 0 Å². The fourth-order valence-electron chi connectivity index (χ4n) is 2.15. The zero-order valence-electron chi connectivity index (χ0n) is 11.2. The summed E-state index contributed by atoms with van der Waals surface area (Å²) >= 11 is 0. The van der Waals surface area contributed by atoms with Crippen LogP contribution in [0.1, 0.15) is 18.1 Å². The van der Waals surface area contributed by atoms with Gasteiger partial charge in [0.05, 0.1) is 7.11 Å². The molecule has 0 aliphatic carbocycles. The Balaban J connectivity index is 2.63. The summed E-state index contributed by atoms with van der Waals surface area (Å²) in [7, 11) is 1.70. The summed E-state index contributed by atoms with van der Waals surface area (Å²) < 4.78 is 5.27. The standard InChI is InChI=1S/C17H18O/c1-5-6-12(2)15-9-13(3)17-11-16(18-4)8-7-14(17)10-15/h5-11H,1H2,2-4H3. The summed E-state index contributed by atoms with van der Waals surface area (Å²) in [5, 5.41) is 2.48. The van der Waals surface area contributed by atoms with Crippen LogP contribution < -0.4 is 4.74 Å². The molecule has 0 fully saturated rings. The second-order valence-electron chi connectivity index (χ2n) is 4.47. The first-order valence-corrected chi connectivity index (χ1v) is 6.04. The smallest absolute Gasteiger partial charge is 0.119 e. The molecule has 2 aromatic rings. The molecule has 0 heterocycles. The number of fused-ring (bicyclic) bond motifs is 1. The van der Waals surface area contributed by atoms with E-state index in [-0.39, 0.29) is 0 Å². The molecule has 0 unspecified atom stereocenters. The van der Waals surface area contributed by atoms with Crippen molar-refractivity contribution in [1.29, 1.82) is 0 Å². The van der Waals surface area contributed by atoms with Gasteiger partial charge in [0, 0.05) is 0 Å². The molecule has 2 rings (SSSR count). The lowest BCUT2D eigenvalue weighted by atomic mass is 9.98. The number of ether oxygens (including phenoxy) is 1. The number of benzene rings is 2. The van der Waals surface area contributed by atoms with E-state index in [1.54, 1.807) is 7.11 Å². The molecular weight excluding hydrogens is 220 g/mol. The van der Waals surface area contributed by atoms with Crippen LogP contribution >= 0.6 is 0 Å². The largest absolute Gasteiger partial charge is 0.497 e. The van der Waals surface area contributed by atoms with Crippen molar-refractivity contribution < 1.29 is 4.74 Å². The van der Waals surface area contributed by atoms with Crippen molar-refractivity contribution >= 4 is 16.3 Å². The maximum absolute atomic E-state index is 5.27. The SMILES string of the molecule is C=CC=C(C)c1cc(C)c2cc(OC)ccc2c1. The van der Waals surface area contributed by atoms with E-state index in [2.05, 4.69) is 44.7 Å². The first-order chi connectivity index (χ1) is 8.65. The third-order valence-corrected chi connectivity index (χ3v) is 3.19. The van der Waals surface area contributed by atoms with Crippen molar-refractivity contribution in [3.8, 4) is 5.75 Å². The van der Waals surface area contributed by atoms with Gasteiger partial charge in [0.25, 0.3) is 0 Å². The number of allylic oxidation sites excluding steroid dienone is 3. The number of methoxy groups -OCH3 is 1. The summed E-state index contributed by atoms with van der Waals surface area (Å²) in [4.78, 5) is 0. The molecule has 0 radical (unpaired) electrons. The van der Waals surface area contributed by atoms with Gasteiger partial charge in [0.15, 0.2) is 0 Å². The van der Waals surface area contributed by atoms with E-state index < -0.39 is 0 Å². The Kier molecular flexibility index (Phi) is 3.52. The van der Waals surface area contributed by atoms with E-state index in [1.165, 1.54) is 27.5 Å². The Morgan fingerprint density at radius 2 is 2.00 bits per heavy atom. The van der Waals surface area contributed by atoms with E-state index in [0.717, 1.165) is 5.75 Å². The van der Waals surface area contributed by atoms with Gasteiger partial charge in [-0.25, -0.2) is 0 Å². The highest BCUT2D eigenvalue weighted by Gasteiger charge is 2.03. The first-order valence-electron chi connectivity index (χ1n) is 6.04. The molecular formula is C17H18O. The van der Waals surface area contributed by atoms with Gasteiger partial charge in [-0.15, -0.1) is 0 Å². The highest BCUT2D eigenvalue weighted by molar-refractivity contribution is 5.90. The number of hydrogen-bond donors (Lipinski definition) is 0. The first kappa shape index (κ1) is 12.4. The van der Waals surface area contributed by atoms with Crippen LogP contribution in [0.5, 0.6) is 5.75 Å². The van der Waals surface area contributed by atoms with E-state index in [9.17, 15) is 0 Å². The van der Waals surface area contributed by atoms with Crippen molar-refractivity contribution in [2.75, 3.05) is 7.11 Å². The summed E-state index contributed by atoms with van der Waals surface area (Å²) in [5.41, 5.74) is 3.73. The van der Waals surface area contributed by atoms with Crippen molar-refractivity contribution in [3.05, 3.63) is 60.2 Å². The van der Waals surface area contributed by atoms with Crippen LogP contribution in [0.3, 0.4) is 0 Å². The minimum absolute atomic E-state index is 0.900. The Morgan fingerprint density at radius 1 is 1.22 bits per heavy atom. The van der Waals surface area contributed by atoms with Gasteiger partial charge in [-0.3, -0.25) is 0 Å². The second-order valence-corrected chi connectivity index (χ2v) is 4.47. The van der Waals surface area contributed by atoms with Crippen molar-refractivity contribution in [3.63, 3.8) is 0 Å². The third-order valence-electron chi connectivity index (χ3n) is 3.19. The third kappa shape index (κ3) is 2.30. The Labute approximate surface area is 108 Å². The van der Waals surface area contributed by atoms with E-state index >= 15 is 0 Å². The Hall–Kier alpha value is -2.02. The van der Waals surface area contributed by atoms with Crippen LogP contribution in [0.2, 0.25) is 0 Å². The summed E-state index contributed by atoms with van der Waals surface area (Å²) in [6.45, 7) is 7.98. The Bertz CT molecular complexity index is 621. The Morgan fingerprint density at radius 3 is 2.67 bits per heavy atom. The molecule has 0 aliphatic rings. The van der Waals surface area contributed by atoms with Crippen LogP contribution in [-0.2, 0) is 0 Å². The van der Waals surface area contributed by atoms with Crippen molar-refractivity contribution in [1.82, 2.24) is 0 Å². The lowest BCUT2D eigenvalue weighted by molar-refractivity contribution is 0.415. The zero-order chi connectivity index (χ0) is 13.1. The van der Waals surface area contributed by atoms with Gasteiger partial charge in [-0.05, 0) is 59.5 Å². The molecule has 0 spiro atoms. The number of hydrogen-bond acceptors (Lipinski definition) is 1. The maximum Gasteiger partial charge on any atom is 0.119 e. The monoisotopic (exact) mass is 238 g/mol. The molecule has 18 heavy (non-hydrogen) atoms. The highest BCUT2D eigenvalue weighted by Crippen LogP contribution is 2.27. The summed E-state index contributed by atoms with van der Waals surface area (Å²) in [5.74, 6) is 0.900. The molecule has 0 saturated heterocycles. The molecule has 0 aromatic heterocycles. The van der Waals surface area contributed by atoms with Crippen LogP contribution in [0.15, 0.2) is 49.1 Å². The van der Waals surface area contributed by atoms with Crippen LogP contribution in [0, 0.1) is 6.92 Å². The minimum Gasteiger partial charge on any atom is -0.497 e. The number of rotatable bonds is 3.